The van der Waals surface area contributed by atoms with Gasteiger partial charge in [0.15, 0.2) is 6.29 Å². The van der Waals surface area contributed by atoms with Gasteiger partial charge in [0.1, 0.15) is 10.6 Å². The van der Waals surface area contributed by atoms with Crippen molar-refractivity contribution in [2.75, 3.05) is 6.61 Å². The lowest BCUT2D eigenvalue weighted by atomic mass is 10.2. The first-order valence-electron chi connectivity index (χ1n) is 5.67. The van der Waals surface area contributed by atoms with Gasteiger partial charge >= 0.3 is 10.2 Å². The van der Waals surface area contributed by atoms with Crippen LogP contribution in [0.15, 0.2) is 29.2 Å². The van der Waals surface area contributed by atoms with Gasteiger partial charge in [-0.3, -0.25) is 0 Å². The van der Waals surface area contributed by atoms with Crippen LogP contribution < -0.4 is 4.74 Å². The molecule has 110 valence electrons. The fourth-order valence-corrected chi connectivity index (χ4v) is 2.38. The highest BCUT2D eigenvalue weighted by Crippen LogP contribution is 3.02. The van der Waals surface area contributed by atoms with E-state index in [4.69, 9.17) is 9.47 Å². The summed E-state index contributed by atoms with van der Waals surface area (Å²) in [6, 6.07) is 2.43. The number of hydrogen-bond donors (Lipinski definition) is 0. The third kappa shape index (κ3) is 3.97. The first kappa shape index (κ1) is 14.4. The van der Waals surface area contributed by atoms with Crippen LogP contribution in [0.4, 0.5) is 19.4 Å². The zero-order chi connectivity index (χ0) is 14.2. The Morgan fingerprint density at radius 1 is 1.00 bits per heavy atom. The maximum Gasteiger partial charge on any atom is 0.310 e. The van der Waals surface area contributed by atoms with Gasteiger partial charge in [0.2, 0.25) is 0 Å². The Labute approximate surface area is 107 Å². The Kier molecular flexibility index (Phi) is 3.02. The molecule has 0 aliphatic carbocycles. The van der Waals surface area contributed by atoms with Crippen molar-refractivity contribution in [2.45, 2.75) is 30.4 Å². The summed E-state index contributed by atoms with van der Waals surface area (Å²) in [4.78, 5) is -1.92. The Morgan fingerprint density at radius 2 is 1.63 bits per heavy atom. The van der Waals surface area contributed by atoms with Crippen molar-refractivity contribution in [2.24, 2.45) is 0 Å². The molecule has 1 saturated heterocycles. The molecule has 1 heterocycles. The molecule has 2 rings (SSSR count). The summed E-state index contributed by atoms with van der Waals surface area (Å²) in [7, 11) is -9.60. The summed E-state index contributed by atoms with van der Waals surface area (Å²) in [6.45, 7) is 0.522. The summed E-state index contributed by atoms with van der Waals surface area (Å²) in [5.41, 5.74) is 0. The molecule has 0 saturated carbocycles. The molecule has 1 fully saturated rings. The van der Waals surface area contributed by atoms with Crippen molar-refractivity contribution in [1.82, 2.24) is 0 Å². The van der Waals surface area contributed by atoms with Crippen LogP contribution in [0.25, 0.3) is 0 Å². The van der Waals surface area contributed by atoms with E-state index < -0.39 is 21.4 Å². The third-order valence-electron chi connectivity index (χ3n) is 2.67. The Hall–Kier alpha value is -1.02. The van der Waals surface area contributed by atoms with Crippen LogP contribution in [-0.2, 0) is 4.74 Å². The largest absolute Gasteiger partial charge is 0.465 e. The van der Waals surface area contributed by atoms with E-state index in [-0.39, 0.29) is 5.75 Å². The highest BCUT2D eigenvalue weighted by Gasteiger charge is 2.65. The van der Waals surface area contributed by atoms with E-state index in [1.54, 1.807) is 0 Å². The second-order valence-electron chi connectivity index (χ2n) is 4.35. The van der Waals surface area contributed by atoms with Crippen LogP contribution in [0, 0.1) is 0 Å². The molecule has 1 aromatic carbocycles. The molecular formula is C11H13F5O2S. The van der Waals surface area contributed by atoms with Gasteiger partial charge in [-0.25, -0.2) is 0 Å². The summed E-state index contributed by atoms with van der Waals surface area (Å²) in [6.07, 6.45) is 1.90. The van der Waals surface area contributed by atoms with E-state index in [1.165, 1.54) is 0 Å². The molecule has 0 unspecified atom stereocenters. The van der Waals surface area contributed by atoms with Crippen LogP contribution >= 0.6 is 10.2 Å². The molecule has 2 nitrogen and oxygen atoms in total. The van der Waals surface area contributed by atoms with Crippen LogP contribution in [0.2, 0.25) is 0 Å². The smallest absolute Gasteiger partial charge is 0.310 e. The van der Waals surface area contributed by atoms with Crippen molar-refractivity contribution in [3.8, 4) is 5.75 Å². The maximum atomic E-state index is 12.5. The number of rotatable bonds is 3. The highest BCUT2D eigenvalue weighted by atomic mass is 32.5. The van der Waals surface area contributed by atoms with Crippen molar-refractivity contribution in [3.63, 3.8) is 0 Å². The lowest BCUT2D eigenvalue weighted by Crippen LogP contribution is -2.24. The first-order chi connectivity index (χ1) is 8.54. The standard InChI is InChI=1S/C11H13F5O2S/c12-19(13,14,15,16)10-6-4-9(5-7-10)18-11-3-1-2-8-17-11/h4-7,11H,1-3,8H2/t11-/m0/s1. The second kappa shape index (κ2) is 3.99. The predicted octanol–water partition coefficient (Wildman–Crippen LogP) is 5.25. The lowest BCUT2D eigenvalue weighted by Gasteiger charge is -2.40. The molecule has 0 aromatic heterocycles. The van der Waals surface area contributed by atoms with Crippen LogP contribution in [0.1, 0.15) is 19.3 Å². The molecule has 8 heteroatoms. The van der Waals surface area contributed by atoms with Crippen LogP contribution in [0.3, 0.4) is 0 Å². The molecule has 1 atom stereocenters. The van der Waals surface area contributed by atoms with Gasteiger partial charge in [0, 0.05) is 6.42 Å². The van der Waals surface area contributed by atoms with Gasteiger partial charge < -0.3 is 9.47 Å². The third-order valence-corrected chi connectivity index (χ3v) is 3.84. The van der Waals surface area contributed by atoms with E-state index in [2.05, 4.69) is 0 Å². The average molecular weight is 304 g/mol. The Bertz CT molecular complexity index is 450. The van der Waals surface area contributed by atoms with Crippen molar-refractivity contribution < 1.29 is 28.9 Å². The second-order valence-corrected chi connectivity index (χ2v) is 6.76. The zero-order valence-electron chi connectivity index (χ0n) is 9.83. The predicted molar refractivity (Wildman–Crippen MR) is 62.1 cm³/mol. The molecule has 19 heavy (non-hydrogen) atoms. The normalized spacial score (nSPS) is 24.4. The van der Waals surface area contributed by atoms with Crippen molar-refractivity contribution in [1.29, 1.82) is 0 Å². The summed E-state index contributed by atoms with van der Waals surface area (Å²) in [5, 5.41) is 0. The highest BCUT2D eigenvalue weighted by molar-refractivity contribution is 8.45. The van der Waals surface area contributed by atoms with Gasteiger partial charge in [0.25, 0.3) is 0 Å². The lowest BCUT2D eigenvalue weighted by molar-refractivity contribution is -0.105. The molecule has 0 spiro atoms. The minimum absolute atomic E-state index is 0.0810. The van der Waals surface area contributed by atoms with E-state index in [9.17, 15) is 19.4 Å². The van der Waals surface area contributed by atoms with Gasteiger partial charge in [-0.2, -0.15) is 0 Å². The van der Waals surface area contributed by atoms with E-state index in [0.29, 0.717) is 25.2 Å². The fraction of sp³-hybridized carbons (Fsp3) is 0.455. The number of benzene rings is 1. The van der Waals surface area contributed by atoms with Crippen molar-refractivity contribution >= 4 is 10.2 Å². The molecule has 0 amide bonds. The molecular weight excluding hydrogens is 291 g/mol. The van der Waals surface area contributed by atoms with Crippen molar-refractivity contribution in [3.05, 3.63) is 24.3 Å². The monoisotopic (exact) mass is 304 g/mol. The van der Waals surface area contributed by atoms with E-state index in [0.717, 1.165) is 25.0 Å². The van der Waals surface area contributed by atoms with E-state index in [1.807, 2.05) is 0 Å². The maximum absolute atomic E-state index is 12.5. The van der Waals surface area contributed by atoms with Gasteiger partial charge in [-0.15, -0.1) is 0 Å². The number of halogens is 5. The topological polar surface area (TPSA) is 18.5 Å². The van der Waals surface area contributed by atoms with Gasteiger partial charge in [0.05, 0.1) is 6.61 Å². The minimum atomic E-state index is -9.60. The fourth-order valence-electron chi connectivity index (χ4n) is 1.73. The summed E-state index contributed by atoms with van der Waals surface area (Å²) in [5.74, 6) is 0.0810. The first-order valence-corrected chi connectivity index (χ1v) is 7.62. The molecule has 1 aromatic rings. The van der Waals surface area contributed by atoms with Gasteiger partial charge in [-0.1, -0.05) is 19.4 Å². The minimum Gasteiger partial charge on any atom is -0.465 e. The molecule has 0 radical (unpaired) electrons. The van der Waals surface area contributed by atoms with E-state index >= 15 is 0 Å². The summed E-state index contributed by atoms with van der Waals surface area (Å²) < 4.78 is 72.9. The Morgan fingerprint density at radius 3 is 2.11 bits per heavy atom. The van der Waals surface area contributed by atoms with Crippen LogP contribution in [-0.4, -0.2) is 12.9 Å². The molecule has 0 N–H and O–H groups in total. The SMILES string of the molecule is FS(F)(F)(F)(F)c1ccc(O[C@H]2CCCCO2)cc1. The number of ether oxygens (including phenoxy) is 2. The molecule has 1 aliphatic heterocycles. The van der Waals surface area contributed by atoms with Gasteiger partial charge in [-0.05, 0) is 37.1 Å². The quantitative estimate of drug-likeness (QED) is 0.710. The average Bonchev–Trinajstić information content (AvgIpc) is 2.28. The molecule has 0 bridgehead atoms. The molecule has 1 aliphatic rings. The Balaban J connectivity index is 2.11. The summed E-state index contributed by atoms with van der Waals surface area (Å²) >= 11 is 0. The zero-order valence-corrected chi connectivity index (χ0v) is 10.6. The number of hydrogen-bond acceptors (Lipinski definition) is 2. The van der Waals surface area contributed by atoms with Crippen LogP contribution in [0.5, 0.6) is 5.75 Å².